The third-order valence-electron chi connectivity index (χ3n) is 3.38. The van der Waals surface area contributed by atoms with Gasteiger partial charge in [-0.1, -0.05) is 11.6 Å². The van der Waals surface area contributed by atoms with Crippen LogP contribution >= 0.6 is 11.6 Å². The Morgan fingerprint density at radius 2 is 1.92 bits per heavy atom. The number of halogens is 1. The SMILES string of the molecule is Cc1oc(-c2ccc(Cl)cc2)cc1COc1ncc(C(=O)O)cn1. The number of rotatable bonds is 5. The van der Waals surface area contributed by atoms with Gasteiger partial charge in [-0.3, -0.25) is 0 Å². The van der Waals surface area contributed by atoms with E-state index >= 15 is 0 Å². The molecule has 6 nitrogen and oxygen atoms in total. The van der Waals surface area contributed by atoms with E-state index in [4.69, 9.17) is 25.9 Å². The zero-order valence-electron chi connectivity index (χ0n) is 12.7. The summed E-state index contributed by atoms with van der Waals surface area (Å²) in [7, 11) is 0. The summed E-state index contributed by atoms with van der Waals surface area (Å²) >= 11 is 5.88. The molecule has 0 atom stereocenters. The van der Waals surface area contributed by atoms with Crippen molar-refractivity contribution in [1.82, 2.24) is 9.97 Å². The van der Waals surface area contributed by atoms with E-state index < -0.39 is 5.97 Å². The van der Waals surface area contributed by atoms with Gasteiger partial charge in [0.2, 0.25) is 0 Å². The maximum atomic E-state index is 10.8. The molecular weight excluding hydrogens is 332 g/mol. The number of aromatic nitrogens is 2. The summed E-state index contributed by atoms with van der Waals surface area (Å²) in [5, 5.41) is 9.47. The molecule has 0 saturated heterocycles. The molecule has 0 bridgehead atoms. The molecule has 0 spiro atoms. The lowest BCUT2D eigenvalue weighted by Gasteiger charge is -2.02. The van der Waals surface area contributed by atoms with E-state index in [2.05, 4.69) is 9.97 Å². The van der Waals surface area contributed by atoms with Crippen molar-refractivity contribution < 1.29 is 19.1 Å². The second kappa shape index (κ2) is 6.72. The van der Waals surface area contributed by atoms with Crippen molar-refractivity contribution in [2.24, 2.45) is 0 Å². The van der Waals surface area contributed by atoms with Crippen LogP contribution in [-0.2, 0) is 6.61 Å². The molecule has 3 aromatic rings. The van der Waals surface area contributed by atoms with Crippen LogP contribution in [0.25, 0.3) is 11.3 Å². The molecule has 2 aromatic heterocycles. The van der Waals surface area contributed by atoms with Gasteiger partial charge in [0.15, 0.2) is 0 Å². The fourth-order valence-electron chi connectivity index (χ4n) is 2.06. The molecule has 1 aromatic carbocycles. The van der Waals surface area contributed by atoms with Crippen LogP contribution in [0, 0.1) is 6.92 Å². The Kier molecular flexibility index (Phi) is 4.48. The van der Waals surface area contributed by atoms with E-state index in [-0.39, 0.29) is 18.2 Å². The molecule has 1 N–H and O–H groups in total. The topological polar surface area (TPSA) is 85.5 Å². The van der Waals surface area contributed by atoms with Gasteiger partial charge in [0, 0.05) is 28.5 Å². The van der Waals surface area contributed by atoms with E-state index in [0.717, 1.165) is 16.9 Å². The Balaban J connectivity index is 1.71. The van der Waals surface area contributed by atoms with Gasteiger partial charge in [-0.15, -0.1) is 0 Å². The van der Waals surface area contributed by atoms with Crippen molar-refractivity contribution in [1.29, 1.82) is 0 Å². The Morgan fingerprint density at radius 3 is 2.54 bits per heavy atom. The number of hydrogen-bond donors (Lipinski definition) is 1. The van der Waals surface area contributed by atoms with Crippen LogP contribution in [0.4, 0.5) is 0 Å². The summed E-state index contributed by atoms with van der Waals surface area (Å²) in [6.45, 7) is 2.06. The highest BCUT2D eigenvalue weighted by Crippen LogP contribution is 2.27. The van der Waals surface area contributed by atoms with Gasteiger partial charge in [0.1, 0.15) is 18.1 Å². The summed E-state index contributed by atoms with van der Waals surface area (Å²) in [6, 6.07) is 9.32. The minimum Gasteiger partial charge on any atom is -0.478 e. The Bertz CT molecular complexity index is 857. The van der Waals surface area contributed by atoms with Crippen LogP contribution in [-0.4, -0.2) is 21.0 Å². The van der Waals surface area contributed by atoms with Gasteiger partial charge in [-0.05, 0) is 37.3 Å². The minimum atomic E-state index is -1.08. The first-order chi connectivity index (χ1) is 11.5. The predicted octanol–water partition coefficient (Wildman–Crippen LogP) is 3.98. The normalized spacial score (nSPS) is 10.6. The smallest absolute Gasteiger partial charge is 0.338 e. The molecule has 0 fully saturated rings. The van der Waals surface area contributed by atoms with Gasteiger partial charge >= 0.3 is 12.0 Å². The lowest BCUT2D eigenvalue weighted by molar-refractivity contribution is 0.0695. The highest BCUT2D eigenvalue weighted by atomic mass is 35.5. The van der Waals surface area contributed by atoms with Crippen molar-refractivity contribution >= 4 is 17.6 Å². The van der Waals surface area contributed by atoms with Gasteiger partial charge in [0.25, 0.3) is 0 Å². The fraction of sp³-hybridized carbons (Fsp3) is 0.118. The van der Waals surface area contributed by atoms with Crippen LogP contribution in [0.1, 0.15) is 21.7 Å². The van der Waals surface area contributed by atoms with Crippen LogP contribution in [0.2, 0.25) is 5.02 Å². The number of ether oxygens (including phenoxy) is 1. The molecule has 7 heteroatoms. The summed E-state index contributed by atoms with van der Waals surface area (Å²) in [5.74, 6) is 0.354. The average molecular weight is 345 g/mol. The monoisotopic (exact) mass is 344 g/mol. The highest BCUT2D eigenvalue weighted by Gasteiger charge is 2.11. The van der Waals surface area contributed by atoms with Crippen LogP contribution in [0.15, 0.2) is 47.1 Å². The Morgan fingerprint density at radius 1 is 1.25 bits per heavy atom. The van der Waals surface area contributed by atoms with Crippen LogP contribution in [0.3, 0.4) is 0 Å². The van der Waals surface area contributed by atoms with Gasteiger partial charge in [-0.2, -0.15) is 0 Å². The Hall–Kier alpha value is -2.86. The summed E-state index contributed by atoms with van der Waals surface area (Å²) < 4.78 is 11.2. The number of benzene rings is 1. The lowest BCUT2D eigenvalue weighted by atomic mass is 10.1. The second-order valence-electron chi connectivity index (χ2n) is 5.05. The molecule has 0 aliphatic heterocycles. The van der Waals surface area contributed by atoms with E-state index in [1.165, 1.54) is 12.4 Å². The van der Waals surface area contributed by atoms with Gasteiger partial charge in [-0.25, -0.2) is 14.8 Å². The summed E-state index contributed by atoms with van der Waals surface area (Å²) in [5.41, 5.74) is 1.77. The minimum absolute atomic E-state index is 0.00636. The number of nitrogens with zero attached hydrogens (tertiary/aromatic N) is 2. The molecule has 3 rings (SSSR count). The number of carboxylic acid groups (broad SMARTS) is 1. The van der Waals surface area contributed by atoms with E-state index in [1.807, 2.05) is 25.1 Å². The third-order valence-corrected chi connectivity index (χ3v) is 3.63. The van der Waals surface area contributed by atoms with Crippen LogP contribution in [0.5, 0.6) is 6.01 Å². The molecule has 2 heterocycles. The first kappa shape index (κ1) is 16.0. The van der Waals surface area contributed by atoms with Gasteiger partial charge in [0.05, 0.1) is 5.56 Å². The summed E-state index contributed by atoms with van der Waals surface area (Å²) in [6.07, 6.45) is 2.40. The average Bonchev–Trinajstić information content (AvgIpc) is 2.95. The molecule has 0 aliphatic carbocycles. The molecule has 24 heavy (non-hydrogen) atoms. The number of carbonyl (C=O) groups is 1. The van der Waals surface area contributed by atoms with Crippen molar-refractivity contribution in [2.45, 2.75) is 13.5 Å². The van der Waals surface area contributed by atoms with Crippen molar-refractivity contribution in [3.8, 4) is 17.3 Å². The molecule has 0 saturated carbocycles. The maximum absolute atomic E-state index is 10.8. The van der Waals surface area contributed by atoms with Crippen molar-refractivity contribution in [2.75, 3.05) is 0 Å². The van der Waals surface area contributed by atoms with Gasteiger partial charge < -0.3 is 14.3 Å². The maximum Gasteiger partial charge on any atom is 0.338 e. The highest BCUT2D eigenvalue weighted by molar-refractivity contribution is 6.30. The zero-order chi connectivity index (χ0) is 17.1. The number of aromatic carboxylic acids is 1. The number of furan rings is 1. The van der Waals surface area contributed by atoms with E-state index in [1.54, 1.807) is 12.1 Å². The number of carboxylic acids is 1. The van der Waals surface area contributed by atoms with Crippen molar-refractivity contribution in [3.63, 3.8) is 0 Å². The lowest BCUT2D eigenvalue weighted by Crippen LogP contribution is -2.02. The molecule has 122 valence electrons. The standard InChI is InChI=1S/C17H13ClN2O4/c1-10-12(6-15(24-10)11-2-4-14(18)5-3-11)9-23-17-19-7-13(8-20-17)16(21)22/h2-8H,9H2,1H3,(H,21,22). The quantitative estimate of drug-likeness (QED) is 0.753. The molecule has 0 amide bonds. The van der Waals surface area contributed by atoms with Crippen LogP contribution < -0.4 is 4.74 Å². The third kappa shape index (κ3) is 3.55. The second-order valence-corrected chi connectivity index (χ2v) is 5.48. The van der Waals surface area contributed by atoms with Crippen molar-refractivity contribution in [3.05, 3.63) is 64.6 Å². The first-order valence-corrected chi connectivity index (χ1v) is 7.44. The zero-order valence-corrected chi connectivity index (χ0v) is 13.4. The molecule has 0 radical (unpaired) electrons. The number of aryl methyl sites for hydroxylation is 1. The first-order valence-electron chi connectivity index (χ1n) is 7.06. The number of hydrogen-bond acceptors (Lipinski definition) is 5. The molecule has 0 unspecified atom stereocenters. The van der Waals surface area contributed by atoms with E-state index in [9.17, 15) is 4.79 Å². The fourth-order valence-corrected chi connectivity index (χ4v) is 2.19. The molecular formula is C17H13ClN2O4. The largest absolute Gasteiger partial charge is 0.478 e. The van der Waals surface area contributed by atoms with E-state index in [0.29, 0.717) is 10.8 Å². The Labute approximate surface area is 142 Å². The molecule has 0 aliphatic rings. The summed E-state index contributed by atoms with van der Waals surface area (Å²) in [4.78, 5) is 18.5. The predicted molar refractivity (Wildman–Crippen MR) is 87.2 cm³/mol.